The van der Waals surface area contributed by atoms with Crippen LogP contribution in [0.2, 0.25) is 0 Å². The minimum Gasteiger partial charge on any atom is -0.489 e. The molecule has 2 rings (SSSR count). The van der Waals surface area contributed by atoms with Crippen molar-refractivity contribution in [2.45, 2.75) is 33.5 Å². The first-order valence-electron chi connectivity index (χ1n) is 6.53. The summed E-state index contributed by atoms with van der Waals surface area (Å²) in [6.45, 7) is 6.44. The number of aliphatic hydroxyl groups is 1. The number of aliphatic hydroxyl groups excluding tert-OH is 1. The molecule has 0 unspecified atom stereocenters. The minimum absolute atomic E-state index is 0.518. The van der Waals surface area contributed by atoms with Crippen molar-refractivity contribution in [1.29, 1.82) is 0 Å². The van der Waals surface area contributed by atoms with Crippen molar-refractivity contribution in [2.75, 3.05) is 0 Å². The third-order valence-electron chi connectivity index (χ3n) is 3.04. The summed E-state index contributed by atoms with van der Waals surface area (Å²) < 4.78 is 5.83. The maximum absolute atomic E-state index is 9.71. The molecule has 0 aliphatic rings. The van der Waals surface area contributed by atoms with Crippen LogP contribution in [0.4, 0.5) is 0 Å². The Morgan fingerprint density at radius 2 is 1.68 bits per heavy atom. The zero-order valence-corrected chi connectivity index (χ0v) is 11.7. The van der Waals surface area contributed by atoms with Crippen LogP contribution in [0, 0.1) is 13.8 Å². The van der Waals surface area contributed by atoms with Crippen molar-refractivity contribution in [2.24, 2.45) is 0 Å². The van der Waals surface area contributed by atoms with Crippen LogP contribution < -0.4 is 4.74 Å². The zero-order valence-electron chi connectivity index (χ0n) is 11.7. The Hall–Kier alpha value is -1.80. The Balaban J connectivity index is 2.14. The summed E-state index contributed by atoms with van der Waals surface area (Å²) >= 11 is 0. The summed E-state index contributed by atoms with van der Waals surface area (Å²) in [6.07, 6.45) is -0.518. The normalized spacial score (nSPS) is 12.2. The first-order chi connectivity index (χ1) is 9.06. The predicted molar refractivity (Wildman–Crippen MR) is 77.3 cm³/mol. The smallest absolute Gasteiger partial charge is 0.125 e. The highest BCUT2D eigenvalue weighted by Gasteiger charge is 2.08. The second-order valence-electron chi connectivity index (χ2n) is 5.00. The van der Waals surface area contributed by atoms with Crippen LogP contribution in [-0.4, -0.2) is 5.11 Å². The topological polar surface area (TPSA) is 29.5 Å². The van der Waals surface area contributed by atoms with Gasteiger partial charge in [0.2, 0.25) is 0 Å². The highest BCUT2D eigenvalue weighted by molar-refractivity contribution is 5.35. The number of hydrogen-bond donors (Lipinski definition) is 1. The lowest BCUT2D eigenvalue weighted by Gasteiger charge is -2.13. The maximum Gasteiger partial charge on any atom is 0.125 e. The molecule has 0 aromatic heterocycles. The lowest BCUT2D eigenvalue weighted by molar-refractivity contribution is 0.190. The number of para-hydroxylation sites is 1. The molecule has 0 fully saturated rings. The molecular formula is C17H20O2. The molecule has 0 saturated heterocycles. The van der Waals surface area contributed by atoms with Crippen LogP contribution in [-0.2, 0) is 6.61 Å². The van der Waals surface area contributed by atoms with Gasteiger partial charge in [0.05, 0.1) is 6.10 Å². The average Bonchev–Trinajstić information content (AvgIpc) is 2.35. The Morgan fingerprint density at radius 3 is 2.32 bits per heavy atom. The largest absolute Gasteiger partial charge is 0.489 e. The number of hydrogen-bond acceptors (Lipinski definition) is 2. The summed E-state index contributed by atoms with van der Waals surface area (Å²) in [6, 6.07) is 14.0. The molecule has 100 valence electrons. The van der Waals surface area contributed by atoms with Crippen LogP contribution in [0.1, 0.15) is 35.3 Å². The Bertz CT molecular complexity index is 539. The van der Waals surface area contributed by atoms with Gasteiger partial charge < -0.3 is 9.84 Å². The third kappa shape index (κ3) is 3.58. The van der Waals surface area contributed by atoms with Crippen molar-refractivity contribution in [3.05, 3.63) is 64.7 Å². The van der Waals surface area contributed by atoms with Gasteiger partial charge in [-0.05, 0) is 32.4 Å². The monoisotopic (exact) mass is 256 g/mol. The van der Waals surface area contributed by atoms with Gasteiger partial charge in [0.25, 0.3) is 0 Å². The standard InChI is InChI=1S/C17H20O2/c1-12-8-13(2)10-15(9-12)11-19-17-7-5-4-6-16(17)14(3)18/h4-10,14,18H,11H2,1-3H3/t14-/m1/s1. The van der Waals surface area contributed by atoms with E-state index in [2.05, 4.69) is 32.0 Å². The number of benzene rings is 2. The van der Waals surface area contributed by atoms with Gasteiger partial charge in [-0.2, -0.15) is 0 Å². The van der Waals surface area contributed by atoms with Crippen molar-refractivity contribution in [3.8, 4) is 5.75 Å². The maximum atomic E-state index is 9.71. The Kier molecular flexibility index (Phi) is 4.23. The van der Waals surface area contributed by atoms with E-state index in [1.54, 1.807) is 6.92 Å². The fourth-order valence-electron chi connectivity index (χ4n) is 2.27. The van der Waals surface area contributed by atoms with Gasteiger partial charge in [0.1, 0.15) is 12.4 Å². The van der Waals surface area contributed by atoms with E-state index < -0.39 is 6.10 Å². The van der Waals surface area contributed by atoms with E-state index in [1.807, 2.05) is 24.3 Å². The van der Waals surface area contributed by atoms with E-state index in [1.165, 1.54) is 11.1 Å². The molecule has 0 amide bonds. The third-order valence-corrected chi connectivity index (χ3v) is 3.04. The molecule has 2 aromatic carbocycles. The van der Waals surface area contributed by atoms with Crippen molar-refractivity contribution < 1.29 is 9.84 Å². The number of rotatable bonds is 4. The molecule has 2 aromatic rings. The summed E-state index contributed by atoms with van der Waals surface area (Å²) in [5, 5.41) is 9.71. The minimum atomic E-state index is -0.518. The Labute approximate surface area is 114 Å². The second-order valence-corrected chi connectivity index (χ2v) is 5.00. The molecule has 2 nitrogen and oxygen atoms in total. The molecule has 0 aliphatic carbocycles. The molecule has 0 heterocycles. The predicted octanol–water partition coefficient (Wildman–Crippen LogP) is 3.94. The van der Waals surface area contributed by atoms with E-state index in [-0.39, 0.29) is 0 Å². The van der Waals surface area contributed by atoms with Gasteiger partial charge in [-0.1, -0.05) is 47.5 Å². The molecule has 0 aliphatic heterocycles. The molecular weight excluding hydrogens is 236 g/mol. The molecule has 0 bridgehead atoms. The highest BCUT2D eigenvalue weighted by Crippen LogP contribution is 2.25. The SMILES string of the molecule is Cc1cc(C)cc(COc2ccccc2[C@@H](C)O)c1. The van der Waals surface area contributed by atoms with Gasteiger partial charge >= 0.3 is 0 Å². The van der Waals surface area contributed by atoms with E-state index >= 15 is 0 Å². The summed E-state index contributed by atoms with van der Waals surface area (Å²) in [5.74, 6) is 0.747. The van der Waals surface area contributed by atoms with Crippen molar-refractivity contribution in [1.82, 2.24) is 0 Å². The van der Waals surface area contributed by atoms with Gasteiger partial charge in [-0.3, -0.25) is 0 Å². The van der Waals surface area contributed by atoms with E-state index in [4.69, 9.17) is 4.74 Å². The molecule has 0 radical (unpaired) electrons. The summed E-state index contributed by atoms with van der Waals surface area (Å²) in [5.41, 5.74) is 4.45. The van der Waals surface area contributed by atoms with E-state index in [0.29, 0.717) is 6.61 Å². The van der Waals surface area contributed by atoms with Crippen LogP contribution in [0.25, 0.3) is 0 Å². The Morgan fingerprint density at radius 1 is 1.05 bits per heavy atom. The molecule has 1 atom stereocenters. The van der Waals surface area contributed by atoms with Gasteiger partial charge in [-0.15, -0.1) is 0 Å². The average molecular weight is 256 g/mol. The lowest BCUT2D eigenvalue weighted by Crippen LogP contribution is -2.01. The van der Waals surface area contributed by atoms with Crippen molar-refractivity contribution >= 4 is 0 Å². The first kappa shape index (κ1) is 13.6. The van der Waals surface area contributed by atoms with Crippen molar-refractivity contribution in [3.63, 3.8) is 0 Å². The lowest BCUT2D eigenvalue weighted by atomic mass is 10.1. The quantitative estimate of drug-likeness (QED) is 0.898. The van der Waals surface area contributed by atoms with E-state index in [9.17, 15) is 5.11 Å². The van der Waals surface area contributed by atoms with Gasteiger partial charge in [-0.25, -0.2) is 0 Å². The van der Waals surface area contributed by atoms with Gasteiger partial charge in [0, 0.05) is 5.56 Å². The molecule has 2 heteroatoms. The summed E-state index contributed by atoms with van der Waals surface area (Å²) in [4.78, 5) is 0. The second kappa shape index (κ2) is 5.89. The van der Waals surface area contributed by atoms with Crippen LogP contribution in [0.5, 0.6) is 5.75 Å². The molecule has 0 spiro atoms. The fraction of sp³-hybridized carbons (Fsp3) is 0.294. The molecule has 19 heavy (non-hydrogen) atoms. The molecule has 1 N–H and O–H groups in total. The molecule has 0 saturated carbocycles. The summed E-state index contributed by atoms with van der Waals surface area (Å²) in [7, 11) is 0. The fourth-order valence-corrected chi connectivity index (χ4v) is 2.27. The van der Waals surface area contributed by atoms with Crippen LogP contribution in [0.3, 0.4) is 0 Å². The number of aryl methyl sites for hydroxylation is 2. The first-order valence-corrected chi connectivity index (χ1v) is 6.53. The van der Waals surface area contributed by atoms with Crippen LogP contribution in [0.15, 0.2) is 42.5 Å². The number of ether oxygens (including phenoxy) is 1. The van der Waals surface area contributed by atoms with Gasteiger partial charge in [0.15, 0.2) is 0 Å². The van der Waals surface area contributed by atoms with Crippen LogP contribution >= 0.6 is 0 Å². The van der Waals surface area contributed by atoms with E-state index in [0.717, 1.165) is 16.9 Å². The zero-order chi connectivity index (χ0) is 13.8. The highest BCUT2D eigenvalue weighted by atomic mass is 16.5.